The summed E-state index contributed by atoms with van der Waals surface area (Å²) in [6.45, 7) is 4.58. The first-order valence-corrected chi connectivity index (χ1v) is 7.37. The zero-order valence-electron chi connectivity index (χ0n) is 12.7. The Labute approximate surface area is 127 Å². The first kappa shape index (κ1) is 14.8. The second kappa shape index (κ2) is 5.93. The third-order valence-electron chi connectivity index (χ3n) is 4.01. The maximum atomic E-state index is 11.9. The molecule has 1 aliphatic heterocycles. The minimum absolute atomic E-state index is 0.0449. The molecule has 0 aliphatic carbocycles. The van der Waals surface area contributed by atoms with E-state index in [4.69, 9.17) is 13.9 Å². The van der Waals surface area contributed by atoms with Gasteiger partial charge in [0.05, 0.1) is 0 Å². The Balaban J connectivity index is 1.87. The Morgan fingerprint density at radius 1 is 1.27 bits per heavy atom. The Hall–Kier alpha value is -2.14. The first-order chi connectivity index (χ1) is 10.5. The van der Waals surface area contributed by atoms with Crippen molar-refractivity contribution in [3.05, 3.63) is 45.3 Å². The minimum Gasteiger partial charge on any atom is -0.459 e. The van der Waals surface area contributed by atoms with E-state index in [0.29, 0.717) is 24.2 Å². The minimum atomic E-state index is -0.477. The Bertz CT molecular complexity index is 768. The topological polar surface area (TPSA) is 65.7 Å². The second-order valence-corrected chi connectivity index (χ2v) is 5.63. The van der Waals surface area contributed by atoms with Crippen molar-refractivity contribution in [1.29, 1.82) is 0 Å². The van der Waals surface area contributed by atoms with E-state index >= 15 is 0 Å². The third-order valence-corrected chi connectivity index (χ3v) is 4.01. The number of fused-ring (bicyclic) bond motifs is 1. The zero-order valence-corrected chi connectivity index (χ0v) is 12.7. The highest BCUT2D eigenvalue weighted by molar-refractivity contribution is 5.82. The number of rotatable bonds is 3. The van der Waals surface area contributed by atoms with Gasteiger partial charge in [-0.3, -0.25) is 0 Å². The van der Waals surface area contributed by atoms with Crippen molar-refractivity contribution in [3.8, 4) is 0 Å². The van der Waals surface area contributed by atoms with Gasteiger partial charge in [-0.2, -0.15) is 0 Å². The number of carbonyl (C=O) groups excluding carboxylic acids is 1. The quantitative estimate of drug-likeness (QED) is 0.644. The van der Waals surface area contributed by atoms with Crippen LogP contribution in [0.5, 0.6) is 0 Å². The molecule has 0 saturated carbocycles. The van der Waals surface area contributed by atoms with Crippen LogP contribution in [0.4, 0.5) is 0 Å². The van der Waals surface area contributed by atoms with Gasteiger partial charge >= 0.3 is 11.6 Å². The molecule has 1 atom stereocenters. The smallest absolute Gasteiger partial charge is 0.336 e. The second-order valence-electron chi connectivity index (χ2n) is 5.63. The Morgan fingerprint density at radius 2 is 2.05 bits per heavy atom. The van der Waals surface area contributed by atoms with Crippen LogP contribution >= 0.6 is 0 Å². The maximum absolute atomic E-state index is 11.9. The Morgan fingerprint density at radius 3 is 2.77 bits per heavy atom. The monoisotopic (exact) mass is 302 g/mol. The van der Waals surface area contributed by atoms with Crippen LogP contribution in [0.15, 0.2) is 27.4 Å². The summed E-state index contributed by atoms with van der Waals surface area (Å²) in [5.74, 6) is -0.372. The van der Waals surface area contributed by atoms with Crippen molar-refractivity contribution in [2.75, 3.05) is 6.61 Å². The van der Waals surface area contributed by atoms with Crippen molar-refractivity contribution < 1.29 is 18.7 Å². The molecule has 0 amide bonds. The van der Waals surface area contributed by atoms with E-state index in [9.17, 15) is 9.59 Å². The van der Waals surface area contributed by atoms with Crippen LogP contribution in [0.3, 0.4) is 0 Å². The lowest BCUT2D eigenvalue weighted by molar-refractivity contribution is -0.155. The third kappa shape index (κ3) is 2.90. The molecule has 0 N–H and O–H groups in total. The molecular formula is C17H18O5. The predicted octanol–water partition coefficient (Wildman–Crippen LogP) is 2.63. The van der Waals surface area contributed by atoms with E-state index in [-0.39, 0.29) is 12.6 Å². The summed E-state index contributed by atoms with van der Waals surface area (Å²) in [6.07, 6.45) is 1.08. The molecule has 0 radical (unpaired) electrons. The SMILES string of the molecule is Cc1cc2oc(=O)cc(COC(=O)[C@@H]3CCCO3)c2cc1C. The number of benzene rings is 1. The number of hydrogen-bond acceptors (Lipinski definition) is 5. The summed E-state index contributed by atoms with van der Waals surface area (Å²) in [7, 11) is 0. The van der Waals surface area contributed by atoms with Gasteiger partial charge in [0.1, 0.15) is 12.2 Å². The molecular weight excluding hydrogens is 284 g/mol. The molecule has 0 bridgehead atoms. The van der Waals surface area contributed by atoms with E-state index in [2.05, 4.69) is 0 Å². The highest BCUT2D eigenvalue weighted by atomic mass is 16.6. The van der Waals surface area contributed by atoms with Crippen molar-refractivity contribution >= 4 is 16.9 Å². The van der Waals surface area contributed by atoms with Gasteiger partial charge < -0.3 is 13.9 Å². The van der Waals surface area contributed by atoms with Gasteiger partial charge in [-0.1, -0.05) is 0 Å². The van der Waals surface area contributed by atoms with Gasteiger partial charge in [-0.05, 0) is 49.9 Å². The average Bonchev–Trinajstić information content (AvgIpc) is 3.00. The van der Waals surface area contributed by atoms with Crippen molar-refractivity contribution in [2.45, 2.75) is 39.4 Å². The molecule has 22 heavy (non-hydrogen) atoms. The van der Waals surface area contributed by atoms with Crippen LogP contribution in [0.25, 0.3) is 11.0 Å². The van der Waals surface area contributed by atoms with E-state index in [0.717, 1.165) is 22.9 Å². The van der Waals surface area contributed by atoms with Crippen molar-refractivity contribution in [2.24, 2.45) is 0 Å². The molecule has 3 rings (SSSR count). The molecule has 1 aromatic carbocycles. The summed E-state index contributed by atoms with van der Waals surface area (Å²) >= 11 is 0. The zero-order chi connectivity index (χ0) is 15.7. The summed E-state index contributed by atoms with van der Waals surface area (Å²) in [5, 5.41) is 0.794. The largest absolute Gasteiger partial charge is 0.459 e. The summed E-state index contributed by atoms with van der Waals surface area (Å²) in [5.41, 5.74) is 2.86. The fourth-order valence-electron chi connectivity index (χ4n) is 2.61. The number of carbonyl (C=O) groups is 1. The first-order valence-electron chi connectivity index (χ1n) is 7.37. The van der Waals surface area contributed by atoms with Crippen LogP contribution in [-0.4, -0.2) is 18.7 Å². The molecule has 1 fully saturated rings. The van der Waals surface area contributed by atoms with Crippen LogP contribution in [0, 0.1) is 13.8 Å². The van der Waals surface area contributed by atoms with Gasteiger partial charge in [-0.25, -0.2) is 9.59 Å². The number of aryl methyl sites for hydroxylation is 2. The molecule has 5 nitrogen and oxygen atoms in total. The van der Waals surface area contributed by atoms with Gasteiger partial charge in [0.2, 0.25) is 0 Å². The number of esters is 1. The van der Waals surface area contributed by atoms with E-state index in [1.165, 1.54) is 6.07 Å². The molecule has 2 heterocycles. The van der Waals surface area contributed by atoms with E-state index in [1.807, 2.05) is 26.0 Å². The average molecular weight is 302 g/mol. The summed E-state index contributed by atoms with van der Waals surface area (Å²) in [4.78, 5) is 23.6. The predicted molar refractivity (Wildman–Crippen MR) is 80.7 cm³/mol. The van der Waals surface area contributed by atoms with Gasteiger partial charge in [0.15, 0.2) is 6.10 Å². The molecule has 116 valence electrons. The number of hydrogen-bond donors (Lipinski definition) is 0. The molecule has 0 spiro atoms. The van der Waals surface area contributed by atoms with Crippen LogP contribution in [-0.2, 0) is 20.9 Å². The van der Waals surface area contributed by atoms with Crippen LogP contribution in [0.1, 0.15) is 29.5 Å². The van der Waals surface area contributed by atoms with Crippen molar-refractivity contribution in [1.82, 2.24) is 0 Å². The number of ether oxygens (including phenoxy) is 2. The normalized spacial score (nSPS) is 17.8. The lowest BCUT2D eigenvalue weighted by atomic mass is 10.0. The highest BCUT2D eigenvalue weighted by Gasteiger charge is 2.25. The van der Waals surface area contributed by atoms with E-state index in [1.54, 1.807) is 0 Å². The molecule has 0 unspecified atom stereocenters. The maximum Gasteiger partial charge on any atom is 0.336 e. The molecule has 1 aliphatic rings. The fourth-order valence-corrected chi connectivity index (χ4v) is 2.61. The standard InChI is InChI=1S/C17H18O5/c1-10-6-13-12(8-16(18)22-15(13)7-11(10)2)9-21-17(19)14-4-3-5-20-14/h6-8,14H,3-5,9H2,1-2H3/t14-/m0/s1. The van der Waals surface area contributed by atoms with Gasteiger partial charge in [0.25, 0.3) is 0 Å². The van der Waals surface area contributed by atoms with Crippen LogP contribution in [0.2, 0.25) is 0 Å². The van der Waals surface area contributed by atoms with E-state index < -0.39 is 11.7 Å². The highest BCUT2D eigenvalue weighted by Crippen LogP contribution is 2.22. The van der Waals surface area contributed by atoms with Gasteiger partial charge in [0, 0.05) is 23.6 Å². The molecule has 5 heteroatoms. The fraction of sp³-hybridized carbons (Fsp3) is 0.412. The Kier molecular flexibility index (Phi) is 3.98. The van der Waals surface area contributed by atoms with Crippen LogP contribution < -0.4 is 5.63 Å². The molecule has 1 saturated heterocycles. The summed E-state index contributed by atoms with van der Waals surface area (Å²) < 4.78 is 15.8. The lowest BCUT2D eigenvalue weighted by Crippen LogP contribution is -2.22. The summed E-state index contributed by atoms with van der Waals surface area (Å²) in [6, 6.07) is 5.15. The van der Waals surface area contributed by atoms with Crippen molar-refractivity contribution in [3.63, 3.8) is 0 Å². The lowest BCUT2D eigenvalue weighted by Gasteiger charge is -2.11. The van der Waals surface area contributed by atoms with Gasteiger partial charge in [-0.15, -0.1) is 0 Å². The molecule has 2 aromatic rings. The molecule has 1 aromatic heterocycles.